The quantitative estimate of drug-likeness (QED) is 0.785. The number of carbonyl (C=O) groups is 1. The van der Waals surface area contributed by atoms with Crippen molar-refractivity contribution in [3.8, 4) is 5.82 Å². The monoisotopic (exact) mass is 296 g/mol. The van der Waals surface area contributed by atoms with Gasteiger partial charge in [0.05, 0.1) is 12.0 Å². The minimum Gasteiger partial charge on any atom is -0.469 e. The minimum atomic E-state index is -0.0802. The van der Waals surface area contributed by atoms with Crippen molar-refractivity contribution in [1.29, 1.82) is 0 Å². The lowest BCUT2D eigenvalue weighted by atomic mass is 10.2. The maximum absolute atomic E-state index is 12.1. The number of rotatable bonds is 5. The van der Waals surface area contributed by atoms with E-state index >= 15 is 0 Å². The van der Waals surface area contributed by atoms with Crippen molar-refractivity contribution < 1.29 is 9.21 Å². The van der Waals surface area contributed by atoms with Crippen LogP contribution in [-0.2, 0) is 11.2 Å². The molecule has 22 heavy (non-hydrogen) atoms. The van der Waals surface area contributed by atoms with Gasteiger partial charge in [0.1, 0.15) is 11.6 Å². The molecule has 0 aromatic carbocycles. The number of hydrogen-bond acceptors (Lipinski definition) is 4. The van der Waals surface area contributed by atoms with E-state index in [-0.39, 0.29) is 5.91 Å². The predicted molar refractivity (Wildman–Crippen MR) is 81.8 cm³/mol. The van der Waals surface area contributed by atoms with Gasteiger partial charge in [-0.2, -0.15) is 0 Å². The van der Waals surface area contributed by atoms with E-state index in [1.54, 1.807) is 24.7 Å². The molecule has 0 saturated heterocycles. The van der Waals surface area contributed by atoms with Gasteiger partial charge < -0.3 is 9.73 Å². The Morgan fingerprint density at radius 3 is 2.91 bits per heavy atom. The maximum Gasteiger partial charge on any atom is 0.224 e. The van der Waals surface area contributed by atoms with Gasteiger partial charge in [-0.15, -0.1) is 0 Å². The van der Waals surface area contributed by atoms with Gasteiger partial charge >= 0.3 is 0 Å². The molecule has 0 atom stereocenters. The normalized spacial score (nSPS) is 10.6. The summed E-state index contributed by atoms with van der Waals surface area (Å²) in [7, 11) is 0. The first kappa shape index (κ1) is 14.1. The highest BCUT2D eigenvalue weighted by molar-refractivity contribution is 5.92. The third-order valence-corrected chi connectivity index (χ3v) is 3.29. The number of nitrogens with zero attached hydrogens (tertiary/aromatic N) is 3. The summed E-state index contributed by atoms with van der Waals surface area (Å²) < 4.78 is 7.06. The van der Waals surface area contributed by atoms with Crippen molar-refractivity contribution in [3.63, 3.8) is 0 Å². The van der Waals surface area contributed by atoms with Gasteiger partial charge in [0.15, 0.2) is 5.82 Å². The number of imidazole rings is 1. The fraction of sp³-hybridized carbons (Fsp3) is 0.188. The van der Waals surface area contributed by atoms with Gasteiger partial charge in [0.2, 0.25) is 5.91 Å². The molecule has 1 N–H and O–H groups in total. The molecule has 6 nitrogen and oxygen atoms in total. The van der Waals surface area contributed by atoms with Crippen LogP contribution in [0.5, 0.6) is 0 Å². The zero-order chi connectivity index (χ0) is 15.4. The molecule has 0 fully saturated rings. The zero-order valence-electron chi connectivity index (χ0n) is 12.2. The second kappa shape index (κ2) is 6.26. The number of amides is 1. The lowest BCUT2D eigenvalue weighted by Gasteiger charge is -2.11. The van der Waals surface area contributed by atoms with E-state index in [4.69, 9.17) is 4.42 Å². The fourth-order valence-corrected chi connectivity index (χ4v) is 2.19. The summed E-state index contributed by atoms with van der Waals surface area (Å²) in [6.07, 6.45) is 7.73. The molecular formula is C16H16N4O2. The lowest BCUT2D eigenvalue weighted by molar-refractivity contribution is -0.116. The predicted octanol–water partition coefficient (Wildman–Crippen LogP) is 2.74. The average molecular weight is 296 g/mol. The molecule has 3 aromatic heterocycles. The van der Waals surface area contributed by atoms with E-state index in [1.807, 2.05) is 35.9 Å². The van der Waals surface area contributed by atoms with Crippen molar-refractivity contribution in [2.45, 2.75) is 19.8 Å². The molecule has 0 aliphatic heterocycles. The van der Waals surface area contributed by atoms with Crippen LogP contribution in [0.4, 0.5) is 5.69 Å². The number of aryl methyl sites for hydroxylation is 2. The molecule has 6 heteroatoms. The van der Waals surface area contributed by atoms with E-state index in [2.05, 4.69) is 15.3 Å². The highest BCUT2D eigenvalue weighted by atomic mass is 16.3. The van der Waals surface area contributed by atoms with Crippen molar-refractivity contribution in [2.75, 3.05) is 5.32 Å². The van der Waals surface area contributed by atoms with Gasteiger partial charge in [-0.3, -0.25) is 9.36 Å². The molecule has 0 aliphatic rings. The maximum atomic E-state index is 12.1. The Hall–Kier alpha value is -2.89. The van der Waals surface area contributed by atoms with E-state index in [0.29, 0.717) is 24.3 Å². The molecule has 1 amide bonds. The van der Waals surface area contributed by atoms with Crippen LogP contribution in [0, 0.1) is 6.92 Å². The van der Waals surface area contributed by atoms with Crippen LogP contribution in [0.2, 0.25) is 0 Å². The van der Waals surface area contributed by atoms with Crippen molar-refractivity contribution in [2.24, 2.45) is 0 Å². The summed E-state index contributed by atoms with van der Waals surface area (Å²) in [4.78, 5) is 20.6. The number of pyridine rings is 1. The lowest BCUT2D eigenvalue weighted by Crippen LogP contribution is -2.15. The summed E-state index contributed by atoms with van der Waals surface area (Å²) >= 11 is 0. The van der Waals surface area contributed by atoms with Gasteiger partial charge in [-0.05, 0) is 31.2 Å². The average Bonchev–Trinajstić information content (AvgIpc) is 3.17. The molecule has 0 spiro atoms. The van der Waals surface area contributed by atoms with Crippen LogP contribution in [-0.4, -0.2) is 20.4 Å². The number of hydrogen-bond donors (Lipinski definition) is 1. The van der Waals surface area contributed by atoms with Crippen molar-refractivity contribution in [1.82, 2.24) is 14.5 Å². The molecule has 112 valence electrons. The van der Waals surface area contributed by atoms with E-state index in [1.165, 1.54) is 0 Å². The molecule has 3 rings (SSSR count). The molecular weight excluding hydrogens is 280 g/mol. The Labute approximate surface area is 127 Å². The molecule has 0 saturated carbocycles. The molecule has 3 heterocycles. The van der Waals surface area contributed by atoms with Gasteiger partial charge in [0, 0.05) is 31.4 Å². The Morgan fingerprint density at radius 1 is 1.27 bits per heavy atom. The van der Waals surface area contributed by atoms with Gasteiger partial charge in [-0.1, -0.05) is 0 Å². The van der Waals surface area contributed by atoms with Crippen molar-refractivity contribution in [3.05, 3.63) is 60.7 Å². The van der Waals surface area contributed by atoms with Gasteiger partial charge in [-0.25, -0.2) is 9.97 Å². The number of aromatic nitrogens is 3. The number of nitrogens with one attached hydrogen (secondary N) is 1. The molecule has 0 unspecified atom stereocenters. The second-order valence-corrected chi connectivity index (χ2v) is 4.85. The van der Waals surface area contributed by atoms with Crippen LogP contribution in [0.1, 0.15) is 18.0 Å². The zero-order valence-corrected chi connectivity index (χ0v) is 12.2. The van der Waals surface area contributed by atoms with E-state index in [9.17, 15) is 4.79 Å². The van der Waals surface area contributed by atoms with Crippen LogP contribution < -0.4 is 5.32 Å². The fourth-order valence-electron chi connectivity index (χ4n) is 2.19. The van der Waals surface area contributed by atoms with Crippen LogP contribution >= 0.6 is 0 Å². The van der Waals surface area contributed by atoms with E-state index < -0.39 is 0 Å². The Morgan fingerprint density at radius 2 is 2.18 bits per heavy atom. The molecule has 0 bridgehead atoms. The van der Waals surface area contributed by atoms with Crippen LogP contribution in [0.15, 0.2) is 53.5 Å². The van der Waals surface area contributed by atoms with Crippen LogP contribution in [0.25, 0.3) is 5.82 Å². The topological polar surface area (TPSA) is 73.0 Å². The molecule has 3 aromatic rings. The summed E-state index contributed by atoms with van der Waals surface area (Å²) in [5.74, 6) is 2.18. The third kappa shape index (κ3) is 3.06. The first-order valence-corrected chi connectivity index (χ1v) is 7.01. The second-order valence-electron chi connectivity index (χ2n) is 4.85. The van der Waals surface area contributed by atoms with Crippen molar-refractivity contribution >= 4 is 11.6 Å². The summed E-state index contributed by atoms with van der Waals surface area (Å²) in [5.41, 5.74) is 0.660. The molecule has 0 aliphatic carbocycles. The first-order chi connectivity index (χ1) is 10.7. The Bertz CT molecular complexity index is 762. The minimum absolute atomic E-state index is 0.0802. The Balaban J connectivity index is 1.72. The van der Waals surface area contributed by atoms with Gasteiger partial charge in [0.25, 0.3) is 0 Å². The summed E-state index contributed by atoms with van der Waals surface area (Å²) in [5, 5.41) is 2.90. The summed E-state index contributed by atoms with van der Waals surface area (Å²) in [6, 6.07) is 7.29. The molecule has 0 radical (unpaired) electrons. The largest absolute Gasteiger partial charge is 0.469 e. The Kier molecular flexibility index (Phi) is 4.00. The first-order valence-electron chi connectivity index (χ1n) is 7.01. The highest BCUT2D eigenvalue weighted by Crippen LogP contribution is 2.18. The number of carbonyl (C=O) groups excluding carboxylic acids is 1. The SMILES string of the molecule is Cc1nccn1-c1ncccc1NC(=O)CCc1ccco1. The smallest absolute Gasteiger partial charge is 0.224 e. The third-order valence-electron chi connectivity index (χ3n) is 3.29. The van der Waals surface area contributed by atoms with E-state index in [0.717, 1.165) is 11.6 Å². The highest BCUT2D eigenvalue weighted by Gasteiger charge is 2.11. The standard InChI is InChI=1S/C16H16N4O2/c1-12-17-9-10-20(12)16-14(5-2-8-18-16)19-15(21)7-6-13-4-3-11-22-13/h2-5,8-11H,6-7H2,1H3,(H,19,21). The number of furan rings is 1. The van der Waals surface area contributed by atoms with Crippen LogP contribution in [0.3, 0.4) is 0 Å². The number of anilines is 1. The summed E-state index contributed by atoms with van der Waals surface area (Å²) in [6.45, 7) is 1.89.